The van der Waals surface area contributed by atoms with E-state index in [1.165, 1.54) is 24.3 Å². The second kappa shape index (κ2) is 8.10. The molecule has 2 aromatic rings. The maximum Gasteiger partial charge on any atom is 0.257 e. The molecule has 1 aliphatic rings. The number of piperazine rings is 1. The predicted molar refractivity (Wildman–Crippen MR) is 101 cm³/mol. The highest BCUT2D eigenvalue weighted by molar-refractivity contribution is 6.06. The minimum Gasteiger partial charge on any atom is -0.340 e. The van der Waals surface area contributed by atoms with Gasteiger partial charge in [0, 0.05) is 31.7 Å². The molecule has 0 aromatic heterocycles. The molecule has 0 atom stereocenters. The fourth-order valence-electron chi connectivity index (χ4n) is 2.79. The Morgan fingerprint density at radius 1 is 1.08 bits per heavy atom. The molecule has 1 heterocycles. The van der Waals surface area contributed by atoms with E-state index in [0.29, 0.717) is 11.5 Å². The first-order valence-electron chi connectivity index (χ1n) is 8.67. The van der Waals surface area contributed by atoms with Crippen LogP contribution in [0.4, 0.5) is 10.1 Å². The Morgan fingerprint density at radius 3 is 2.42 bits per heavy atom. The molecule has 0 aliphatic carbocycles. The molecular formula is C20H23FN4O. The van der Waals surface area contributed by atoms with E-state index in [2.05, 4.69) is 27.2 Å². The number of carbonyl (C=O) groups excluding carboxylic acids is 1. The average molecular weight is 354 g/mol. The summed E-state index contributed by atoms with van der Waals surface area (Å²) in [4.78, 5) is 21.6. The zero-order chi connectivity index (χ0) is 18.5. The van der Waals surface area contributed by atoms with Gasteiger partial charge in [0.25, 0.3) is 5.91 Å². The second-order valence-electron chi connectivity index (χ2n) is 6.53. The highest BCUT2D eigenvalue weighted by Crippen LogP contribution is 2.15. The minimum absolute atomic E-state index is 0.296. The lowest BCUT2D eigenvalue weighted by Gasteiger charge is -2.34. The average Bonchev–Trinajstić information content (AvgIpc) is 2.62. The summed E-state index contributed by atoms with van der Waals surface area (Å²) in [5.41, 5.74) is 2.30. The van der Waals surface area contributed by atoms with Crippen LogP contribution in [0.15, 0.2) is 53.5 Å². The Bertz CT molecular complexity index is 796. The van der Waals surface area contributed by atoms with Crippen LogP contribution in [0.3, 0.4) is 0 Å². The lowest BCUT2D eigenvalue weighted by Crippen LogP contribution is -2.52. The Labute approximate surface area is 153 Å². The number of nitrogens with one attached hydrogen (secondary N) is 1. The smallest absolute Gasteiger partial charge is 0.257 e. The summed E-state index contributed by atoms with van der Waals surface area (Å²) in [6, 6.07) is 13.3. The molecule has 1 amide bonds. The molecule has 136 valence electrons. The van der Waals surface area contributed by atoms with E-state index in [-0.39, 0.29) is 11.7 Å². The molecule has 0 spiro atoms. The van der Waals surface area contributed by atoms with Gasteiger partial charge >= 0.3 is 0 Å². The molecule has 26 heavy (non-hydrogen) atoms. The van der Waals surface area contributed by atoms with E-state index < -0.39 is 0 Å². The summed E-state index contributed by atoms with van der Waals surface area (Å²) in [7, 11) is 2.08. The van der Waals surface area contributed by atoms with Gasteiger partial charge in [-0.25, -0.2) is 9.38 Å². The Hall–Kier alpha value is -2.73. The molecule has 0 radical (unpaired) electrons. The van der Waals surface area contributed by atoms with Crippen molar-refractivity contribution in [1.82, 2.24) is 15.1 Å². The van der Waals surface area contributed by atoms with E-state index in [1.54, 1.807) is 0 Å². The summed E-state index contributed by atoms with van der Waals surface area (Å²) in [6.07, 6.45) is 0. The van der Waals surface area contributed by atoms with E-state index in [9.17, 15) is 9.18 Å². The molecule has 2 aromatic carbocycles. The van der Waals surface area contributed by atoms with Gasteiger partial charge < -0.3 is 9.80 Å². The van der Waals surface area contributed by atoms with E-state index in [4.69, 9.17) is 0 Å². The molecule has 1 fully saturated rings. The third-order valence-electron chi connectivity index (χ3n) is 4.37. The van der Waals surface area contributed by atoms with E-state index in [0.717, 1.165) is 37.4 Å². The first-order chi connectivity index (χ1) is 12.5. The number of aryl methyl sites for hydroxylation is 1. The summed E-state index contributed by atoms with van der Waals surface area (Å²) in [6.45, 7) is 5.37. The number of benzene rings is 2. The highest BCUT2D eigenvalue weighted by atomic mass is 19.1. The number of carbonyl (C=O) groups is 1. The zero-order valence-corrected chi connectivity index (χ0v) is 15.1. The van der Waals surface area contributed by atoms with Crippen LogP contribution in [0, 0.1) is 12.7 Å². The summed E-state index contributed by atoms with van der Waals surface area (Å²) < 4.78 is 13.1. The maximum atomic E-state index is 13.1. The zero-order valence-electron chi connectivity index (χ0n) is 15.1. The van der Waals surface area contributed by atoms with Crippen molar-refractivity contribution in [2.45, 2.75) is 6.92 Å². The van der Waals surface area contributed by atoms with Gasteiger partial charge in [-0.2, -0.15) is 0 Å². The van der Waals surface area contributed by atoms with Gasteiger partial charge in [0.15, 0.2) is 0 Å². The van der Waals surface area contributed by atoms with Crippen LogP contribution in [0.5, 0.6) is 0 Å². The van der Waals surface area contributed by atoms with Gasteiger partial charge in [-0.1, -0.05) is 12.1 Å². The third kappa shape index (κ3) is 4.67. The first-order valence-corrected chi connectivity index (χ1v) is 8.67. The number of nitrogens with zero attached hydrogens (tertiary/aromatic N) is 3. The largest absolute Gasteiger partial charge is 0.340 e. The third-order valence-corrected chi connectivity index (χ3v) is 4.37. The van der Waals surface area contributed by atoms with Crippen LogP contribution in [-0.2, 0) is 0 Å². The number of rotatable bonds is 2. The van der Waals surface area contributed by atoms with Crippen LogP contribution in [0.2, 0.25) is 0 Å². The van der Waals surface area contributed by atoms with Gasteiger partial charge in [-0.3, -0.25) is 10.1 Å². The lowest BCUT2D eigenvalue weighted by atomic mass is 10.2. The molecule has 1 N–H and O–H groups in total. The Balaban J connectivity index is 1.84. The standard InChI is InChI=1S/C20H23FN4O/c1-15-4-3-5-18(14-15)22-20(25-12-10-24(2)11-13-25)23-19(26)16-6-8-17(21)9-7-16/h3-9,14H,10-13H2,1-2H3,(H,22,23,26). The number of likely N-dealkylation sites (N-methyl/N-ethyl adjacent to an activating group) is 1. The van der Waals surface area contributed by atoms with Gasteiger partial charge in [0.1, 0.15) is 5.82 Å². The van der Waals surface area contributed by atoms with Crippen LogP contribution >= 0.6 is 0 Å². The van der Waals surface area contributed by atoms with Crippen molar-refractivity contribution in [2.75, 3.05) is 33.2 Å². The molecule has 3 rings (SSSR count). The molecule has 1 saturated heterocycles. The normalized spacial score (nSPS) is 15.8. The van der Waals surface area contributed by atoms with Gasteiger partial charge in [-0.05, 0) is 55.9 Å². The molecular weight excluding hydrogens is 331 g/mol. The summed E-state index contributed by atoms with van der Waals surface area (Å²) in [5, 5.41) is 2.90. The van der Waals surface area contributed by atoms with Gasteiger partial charge in [0.05, 0.1) is 5.69 Å². The Morgan fingerprint density at radius 2 is 1.77 bits per heavy atom. The molecule has 1 aliphatic heterocycles. The van der Waals surface area contributed by atoms with Crippen molar-refractivity contribution in [1.29, 1.82) is 0 Å². The number of hydrogen-bond acceptors (Lipinski definition) is 3. The van der Waals surface area contributed by atoms with Gasteiger partial charge in [0.2, 0.25) is 5.96 Å². The van der Waals surface area contributed by atoms with Crippen molar-refractivity contribution in [2.24, 2.45) is 4.99 Å². The van der Waals surface area contributed by atoms with Crippen molar-refractivity contribution in [3.8, 4) is 0 Å². The van der Waals surface area contributed by atoms with Crippen molar-refractivity contribution in [3.05, 3.63) is 65.5 Å². The van der Waals surface area contributed by atoms with Gasteiger partial charge in [-0.15, -0.1) is 0 Å². The second-order valence-corrected chi connectivity index (χ2v) is 6.53. The van der Waals surface area contributed by atoms with Crippen LogP contribution in [0.25, 0.3) is 0 Å². The van der Waals surface area contributed by atoms with E-state index >= 15 is 0 Å². The van der Waals surface area contributed by atoms with Crippen molar-refractivity contribution >= 4 is 17.6 Å². The first kappa shape index (κ1) is 18.1. The molecule has 0 bridgehead atoms. The van der Waals surface area contributed by atoms with E-state index in [1.807, 2.05) is 31.2 Å². The van der Waals surface area contributed by atoms with Crippen LogP contribution < -0.4 is 5.32 Å². The molecule has 6 heteroatoms. The lowest BCUT2D eigenvalue weighted by molar-refractivity contribution is 0.0969. The summed E-state index contributed by atoms with van der Waals surface area (Å²) in [5.74, 6) is -0.136. The molecule has 0 saturated carbocycles. The topological polar surface area (TPSA) is 47.9 Å². The fourth-order valence-corrected chi connectivity index (χ4v) is 2.79. The highest BCUT2D eigenvalue weighted by Gasteiger charge is 2.20. The molecule has 0 unspecified atom stereocenters. The van der Waals surface area contributed by atoms with Crippen LogP contribution in [-0.4, -0.2) is 54.9 Å². The number of hydrogen-bond donors (Lipinski definition) is 1. The SMILES string of the molecule is Cc1cccc(N=C(NC(=O)c2ccc(F)cc2)N2CCN(C)CC2)c1. The quantitative estimate of drug-likeness (QED) is 0.666. The fraction of sp³-hybridized carbons (Fsp3) is 0.300. The number of aliphatic imine (C=N–C) groups is 1. The van der Waals surface area contributed by atoms with Crippen molar-refractivity contribution in [3.63, 3.8) is 0 Å². The number of halogens is 1. The van der Waals surface area contributed by atoms with Crippen molar-refractivity contribution < 1.29 is 9.18 Å². The maximum absolute atomic E-state index is 13.1. The molecule has 5 nitrogen and oxygen atoms in total. The summed E-state index contributed by atoms with van der Waals surface area (Å²) >= 11 is 0. The Kier molecular flexibility index (Phi) is 5.63. The monoisotopic (exact) mass is 354 g/mol. The predicted octanol–water partition coefficient (Wildman–Crippen LogP) is 2.80. The number of amides is 1. The van der Waals surface area contributed by atoms with Crippen LogP contribution in [0.1, 0.15) is 15.9 Å². The minimum atomic E-state index is -0.366. The number of guanidine groups is 1.